The summed E-state index contributed by atoms with van der Waals surface area (Å²) < 4.78 is 10.6. The Bertz CT molecular complexity index is 535. The molecule has 5 heteroatoms. The van der Waals surface area contributed by atoms with E-state index in [1.807, 2.05) is 24.3 Å². The quantitative estimate of drug-likeness (QED) is 0.729. The molecule has 1 aromatic heterocycles. The monoisotopic (exact) mass is 288 g/mol. The zero-order valence-corrected chi connectivity index (χ0v) is 11.9. The van der Waals surface area contributed by atoms with Crippen LogP contribution in [0.1, 0.15) is 28.1 Å². The van der Waals surface area contributed by atoms with Gasteiger partial charge in [-0.25, -0.2) is 0 Å². The van der Waals surface area contributed by atoms with E-state index < -0.39 is 0 Å². The molecule has 3 N–H and O–H groups in total. The Morgan fingerprint density at radius 1 is 1.24 bits per heavy atom. The van der Waals surface area contributed by atoms with Crippen molar-refractivity contribution in [3.8, 4) is 0 Å². The lowest BCUT2D eigenvalue weighted by molar-refractivity contribution is 0.0917. The fourth-order valence-corrected chi connectivity index (χ4v) is 1.84. The molecule has 21 heavy (non-hydrogen) atoms. The molecular weight excluding hydrogens is 268 g/mol. The van der Waals surface area contributed by atoms with Gasteiger partial charge < -0.3 is 20.2 Å². The smallest absolute Gasteiger partial charge is 0.251 e. The van der Waals surface area contributed by atoms with Crippen molar-refractivity contribution in [2.24, 2.45) is 5.73 Å². The highest BCUT2D eigenvalue weighted by Crippen LogP contribution is 2.04. The normalized spacial score (nSPS) is 10.5. The lowest BCUT2D eigenvalue weighted by Gasteiger charge is -2.06. The Balaban J connectivity index is 1.60. The van der Waals surface area contributed by atoms with Crippen LogP contribution in [0.5, 0.6) is 0 Å². The summed E-state index contributed by atoms with van der Waals surface area (Å²) >= 11 is 0. The van der Waals surface area contributed by atoms with Gasteiger partial charge in [-0.05, 0) is 36.2 Å². The summed E-state index contributed by atoms with van der Waals surface area (Å²) in [4.78, 5) is 11.9. The molecule has 0 atom stereocenters. The summed E-state index contributed by atoms with van der Waals surface area (Å²) in [5, 5.41) is 2.86. The second-order valence-corrected chi connectivity index (χ2v) is 4.64. The average molecular weight is 288 g/mol. The molecule has 0 fully saturated rings. The van der Waals surface area contributed by atoms with E-state index in [0.29, 0.717) is 31.9 Å². The molecule has 5 nitrogen and oxygen atoms in total. The van der Waals surface area contributed by atoms with Crippen molar-refractivity contribution >= 4 is 5.91 Å². The summed E-state index contributed by atoms with van der Waals surface area (Å²) in [7, 11) is 0. The first-order valence-corrected chi connectivity index (χ1v) is 6.97. The Kier molecular flexibility index (Phi) is 5.99. The van der Waals surface area contributed by atoms with Gasteiger partial charge in [0.25, 0.3) is 5.91 Å². The van der Waals surface area contributed by atoms with Crippen LogP contribution in [0.25, 0.3) is 0 Å². The minimum atomic E-state index is -0.0791. The second-order valence-electron chi connectivity index (χ2n) is 4.64. The minimum Gasteiger partial charge on any atom is -0.467 e. The number of nitrogens with two attached hydrogens (primary N) is 1. The molecule has 0 aliphatic carbocycles. The molecule has 0 aliphatic heterocycles. The van der Waals surface area contributed by atoms with Gasteiger partial charge in [0.15, 0.2) is 0 Å². The Morgan fingerprint density at radius 3 is 2.71 bits per heavy atom. The molecule has 0 aliphatic rings. The highest BCUT2D eigenvalue weighted by Gasteiger charge is 2.04. The van der Waals surface area contributed by atoms with Gasteiger partial charge in [0, 0.05) is 25.3 Å². The van der Waals surface area contributed by atoms with E-state index in [1.54, 1.807) is 18.4 Å². The molecule has 112 valence electrons. The third-order valence-electron chi connectivity index (χ3n) is 3.03. The lowest BCUT2D eigenvalue weighted by atomic mass is 10.1. The van der Waals surface area contributed by atoms with Gasteiger partial charge in [0.2, 0.25) is 0 Å². The largest absolute Gasteiger partial charge is 0.467 e. The molecule has 1 heterocycles. The predicted octanol–water partition coefficient (Wildman–Crippen LogP) is 2.08. The molecule has 1 amide bonds. The number of hydrogen-bond donors (Lipinski definition) is 2. The number of hydrogen-bond acceptors (Lipinski definition) is 4. The maximum absolute atomic E-state index is 11.9. The van der Waals surface area contributed by atoms with Gasteiger partial charge >= 0.3 is 0 Å². The van der Waals surface area contributed by atoms with Crippen LogP contribution >= 0.6 is 0 Å². The number of furan rings is 1. The van der Waals surface area contributed by atoms with Crippen molar-refractivity contribution in [2.45, 2.75) is 19.6 Å². The fourth-order valence-electron chi connectivity index (χ4n) is 1.84. The number of rotatable bonds is 8. The first-order valence-electron chi connectivity index (χ1n) is 6.97. The SMILES string of the molecule is NCc1ccc(C(=O)NCCCOCc2ccco2)cc1. The van der Waals surface area contributed by atoms with Gasteiger partial charge in [-0.3, -0.25) is 4.79 Å². The summed E-state index contributed by atoms with van der Waals surface area (Å²) in [6, 6.07) is 11.0. The highest BCUT2D eigenvalue weighted by molar-refractivity contribution is 5.94. The van der Waals surface area contributed by atoms with Crippen LogP contribution in [0, 0.1) is 0 Å². The summed E-state index contributed by atoms with van der Waals surface area (Å²) in [6.07, 6.45) is 2.38. The second kappa shape index (κ2) is 8.24. The highest BCUT2D eigenvalue weighted by atomic mass is 16.5. The molecule has 0 saturated carbocycles. The van der Waals surface area contributed by atoms with Gasteiger partial charge in [0.1, 0.15) is 12.4 Å². The third-order valence-corrected chi connectivity index (χ3v) is 3.03. The van der Waals surface area contributed by atoms with Crippen molar-refractivity contribution in [1.82, 2.24) is 5.32 Å². The topological polar surface area (TPSA) is 77.5 Å². The van der Waals surface area contributed by atoms with Crippen molar-refractivity contribution in [3.05, 3.63) is 59.5 Å². The number of carbonyl (C=O) groups is 1. The number of benzene rings is 1. The minimum absolute atomic E-state index is 0.0791. The van der Waals surface area contributed by atoms with Crippen molar-refractivity contribution in [3.63, 3.8) is 0 Å². The van der Waals surface area contributed by atoms with Crippen LogP contribution < -0.4 is 11.1 Å². The van der Waals surface area contributed by atoms with Crippen molar-refractivity contribution in [1.29, 1.82) is 0 Å². The summed E-state index contributed by atoms with van der Waals surface area (Å²) in [5.74, 6) is 0.726. The Morgan fingerprint density at radius 2 is 2.05 bits per heavy atom. The van der Waals surface area contributed by atoms with E-state index in [2.05, 4.69) is 5.32 Å². The number of nitrogens with one attached hydrogen (secondary N) is 1. The first kappa shape index (κ1) is 15.3. The van der Waals surface area contributed by atoms with Crippen LogP contribution in [-0.2, 0) is 17.9 Å². The van der Waals surface area contributed by atoms with Gasteiger partial charge in [-0.2, -0.15) is 0 Å². The maximum Gasteiger partial charge on any atom is 0.251 e. The van der Waals surface area contributed by atoms with Crippen LogP contribution in [0.3, 0.4) is 0 Å². The van der Waals surface area contributed by atoms with Crippen LogP contribution in [-0.4, -0.2) is 19.1 Å². The summed E-state index contributed by atoms with van der Waals surface area (Å²) in [6.45, 7) is 2.10. The van der Waals surface area contributed by atoms with E-state index in [-0.39, 0.29) is 5.91 Å². The first-order chi connectivity index (χ1) is 10.3. The molecule has 0 unspecified atom stereocenters. The molecule has 0 spiro atoms. The van der Waals surface area contributed by atoms with Crippen LogP contribution in [0.2, 0.25) is 0 Å². The molecule has 2 rings (SSSR count). The summed E-state index contributed by atoms with van der Waals surface area (Å²) in [5.41, 5.74) is 7.17. The molecule has 0 radical (unpaired) electrons. The van der Waals surface area contributed by atoms with E-state index in [4.69, 9.17) is 14.9 Å². The van der Waals surface area contributed by atoms with Gasteiger partial charge in [-0.15, -0.1) is 0 Å². The Hall–Kier alpha value is -2.11. The Labute approximate surface area is 124 Å². The maximum atomic E-state index is 11.9. The zero-order valence-electron chi connectivity index (χ0n) is 11.9. The molecular formula is C16H20N2O3. The number of carbonyl (C=O) groups excluding carboxylic acids is 1. The molecule has 1 aromatic carbocycles. The molecule has 0 bridgehead atoms. The van der Waals surface area contributed by atoms with Crippen molar-refractivity contribution in [2.75, 3.05) is 13.2 Å². The standard InChI is InChI=1S/C16H20N2O3/c17-11-13-4-6-14(7-5-13)16(19)18-8-2-9-20-12-15-3-1-10-21-15/h1,3-7,10H,2,8-9,11-12,17H2,(H,18,19). The molecule has 2 aromatic rings. The van der Waals surface area contributed by atoms with Gasteiger partial charge in [0.05, 0.1) is 6.26 Å². The number of amides is 1. The van der Waals surface area contributed by atoms with Crippen molar-refractivity contribution < 1.29 is 13.9 Å². The predicted molar refractivity (Wildman–Crippen MR) is 79.6 cm³/mol. The van der Waals surface area contributed by atoms with Crippen LogP contribution in [0.4, 0.5) is 0 Å². The fraction of sp³-hybridized carbons (Fsp3) is 0.312. The van der Waals surface area contributed by atoms with E-state index in [9.17, 15) is 4.79 Å². The third kappa shape index (κ3) is 5.06. The van der Waals surface area contributed by atoms with Gasteiger partial charge in [-0.1, -0.05) is 12.1 Å². The average Bonchev–Trinajstić information content (AvgIpc) is 3.04. The lowest BCUT2D eigenvalue weighted by Crippen LogP contribution is -2.25. The van der Waals surface area contributed by atoms with E-state index in [1.165, 1.54) is 0 Å². The van der Waals surface area contributed by atoms with E-state index in [0.717, 1.165) is 17.7 Å². The number of ether oxygens (including phenoxy) is 1. The zero-order chi connectivity index (χ0) is 14.9. The molecule has 0 saturated heterocycles. The van der Waals surface area contributed by atoms with Crippen LogP contribution in [0.15, 0.2) is 47.1 Å². The van der Waals surface area contributed by atoms with E-state index >= 15 is 0 Å².